The van der Waals surface area contributed by atoms with Crippen LogP contribution in [0.1, 0.15) is 39.3 Å². The van der Waals surface area contributed by atoms with Gasteiger partial charge in [0.2, 0.25) is 5.91 Å². The maximum absolute atomic E-state index is 12.7. The number of aromatic nitrogens is 2. The first kappa shape index (κ1) is 19.7. The van der Waals surface area contributed by atoms with E-state index in [1.165, 1.54) is 5.56 Å². The molecule has 138 valence electrons. The smallest absolute Gasteiger partial charge is 0.245 e. The second-order valence-electron chi connectivity index (χ2n) is 5.90. The molecule has 0 aliphatic carbocycles. The molecule has 1 amide bonds. The van der Waals surface area contributed by atoms with Crippen molar-refractivity contribution in [2.45, 2.75) is 40.2 Å². The number of likely N-dealkylation sites (N-methyl/N-ethyl adjacent to an activating group) is 1. The quantitative estimate of drug-likeness (QED) is 0.623. The Labute approximate surface area is 156 Å². The summed E-state index contributed by atoms with van der Waals surface area (Å²) in [5.41, 5.74) is 4.27. The van der Waals surface area contributed by atoms with Crippen molar-refractivity contribution in [2.24, 2.45) is 0 Å². The summed E-state index contributed by atoms with van der Waals surface area (Å²) >= 11 is 0. The van der Waals surface area contributed by atoms with E-state index in [1.54, 1.807) is 4.90 Å². The Balaban J connectivity index is 0.000000570. The van der Waals surface area contributed by atoms with Crippen LogP contribution in [0.2, 0.25) is 0 Å². The molecule has 1 aliphatic rings. The molecule has 4 nitrogen and oxygen atoms in total. The lowest BCUT2D eigenvalue weighted by Gasteiger charge is -2.29. The van der Waals surface area contributed by atoms with Crippen LogP contribution in [-0.4, -0.2) is 34.5 Å². The molecule has 1 aromatic heterocycles. The zero-order chi connectivity index (χ0) is 19.3. The number of nitrogens with zero attached hydrogens (tertiary/aromatic N) is 3. The normalized spacial score (nSPS) is 14.2. The number of hydrogen-bond acceptors (Lipinski definition) is 2. The number of rotatable bonds is 1. The molecule has 1 unspecified atom stereocenters. The predicted molar refractivity (Wildman–Crippen MR) is 109 cm³/mol. The van der Waals surface area contributed by atoms with Crippen molar-refractivity contribution in [3.63, 3.8) is 0 Å². The molecular weight excluding hydrogens is 322 g/mol. The molecule has 0 saturated carbocycles. The fourth-order valence-electron chi connectivity index (χ4n) is 3.26. The molecule has 0 fully saturated rings. The van der Waals surface area contributed by atoms with Gasteiger partial charge in [-0.15, -0.1) is 0 Å². The Morgan fingerprint density at radius 3 is 2.31 bits per heavy atom. The number of para-hydroxylation sites is 2. The van der Waals surface area contributed by atoms with Gasteiger partial charge in [-0.25, -0.2) is 4.98 Å². The first-order valence-corrected chi connectivity index (χ1v) is 9.43. The number of carbonyl (C=O) groups is 1. The highest BCUT2D eigenvalue weighted by Gasteiger charge is 2.32. The third-order valence-electron chi connectivity index (χ3n) is 4.30. The Hall–Kier alpha value is -2.62. The van der Waals surface area contributed by atoms with Crippen LogP contribution in [0.4, 0.5) is 0 Å². The van der Waals surface area contributed by atoms with Crippen molar-refractivity contribution < 1.29 is 4.79 Å². The number of imidazole rings is 1. The Morgan fingerprint density at radius 2 is 1.62 bits per heavy atom. The van der Waals surface area contributed by atoms with Crippen LogP contribution in [-0.2, 0) is 11.2 Å². The zero-order valence-electron chi connectivity index (χ0n) is 16.7. The van der Waals surface area contributed by atoms with Crippen molar-refractivity contribution in [2.75, 3.05) is 14.1 Å². The molecule has 0 N–H and O–H groups in total. The number of carbonyl (C=O) groups excluding carboxylic acids is 1. The lowest BCUT2D eigenvalue weighted by atomic mass is 9.94. The topological polar surface area (TPSA) is 38.1 Å². The lowest BCUT2D eigenvalue weighted by Crippen LogP contribution is -2.35. The number of benzene rings is 2. The summed E-state index contributed by atoms with van der Waals surface area (Å²) in [6.45, 7) is 8.00. The van der Waals surface area contributed by atoms with E-state index in [0.29, 0.717) is 6.42 Å². The molecular formula is C22H29N3O. The van der Waals surface area contributed by atoms with Crippen molar-refractivity contribution in [3.8, 4) is 11.4 Å². The van der Waals surface area contributed by atoms with Crippen LogP contribution in [0.5, 0.6) is 0 Å². The summed E-state index contributed by atoms with van der Waals surface area (Å²) in [5, 5.41) is 0. The van der Waals surface area contributed by atoms with Gasteiger partial charge in [0.1, 0.15) is 11.9 Å². The molecule has 2 heterocycles. The number of hydrogen-bond donors (Lipinski definition) is 0. The highest BCUT2D eigenvalue weighted by atomic mass is 16.2. The first-order chi connectivity index (χ1) is 12.7. The minimum absolute atomic E-state index is 0.110. The van der Waals surface area contributed by atoms with Gasteiger partial charge in [0.25, 0.3) is 0 Å². The van der Waals surface area contributed by atoms with Gasteiger partial charge in [-0.05, 0) is 17.7 Å². The molecule has 0 spiro atoms. The van der Waals surface area contributed by atoms with Gasteiger partial charge in [-0.3, -0.25) is 4.79 Å². The van der Waals surface area contributed by atoms with Crippen molar-refractivity contribution in [1.82, 2.24) is 14.5 Å². The van der Waals surface area contributed by atoms with Gasteiger partial charge in [-0.1, -0.05) is 64.1 Å². The van der Waals surface area contributed by atoms with Crippen LogP contribution in [0.25, 0.3) is 22.4 Å². The van der Waals surface area contributed by atoms with Gasteiger partial charge in [0.15, 0.2) is 0 Å². The average molecular weight is 351 g/mol. The fourth-order valence-corrected chi connectivity index (χ4v) is 3.26. The number of fused-ring (bicyclic) bond motifs is 5. The van der Waals surface area contributed by atoms with E-state index >= 15 is 0 Å². The van der Waals surface area contributed by atoms with Crippen molar-refractivity contribution >= 4 is 16.9 Å². The van der Waals surface area contributed by atoms with Gasteiger partial charge in [-0.2, -0.15) is 0 Å². The molecule has 0 radical (unpaired) electrons. The van der Waals surface area contributed by atoms with Crippen molar-refractivity contribution in [1.29, 1.82) is 0 Å². The summed E-state index contributed by atoms with van der Waals surface area (Å²) in [6.07, 6.45) is 0.709. The van der Waals surface area contributed by atoms with Crippen LogP contribution >= 0.6 is 0 Å². The van der Waals surface area contributed by atoms with Gasteiger partial charge in [0.05, 0.1) is 11.0 Å². The van der Waals surface area contributed by atoms with Crippen molar-refractivity contribution in [3.05, 3.63) is 54.1 Å². The molecule has 1 atom stereocenters. The van der Waals surface area contributed by atoms with Gasteiger partial charge >= 0.3 is 0 Å². The standard InChI is InChI=1S/C18H17N3O.2C2H6/c1-20(2)18(22)16-11-12-7-3-4-8-13(12)17-19-14-9-5-6-10-15(14)21(16)17;2*1-2/h3-10,16H,11H2,1-2H3;2*1-2H3. The second kappa shape index (κ2) is 8.65. The molecule has 4 rings (SSSR count). The van der Waals surface area contributed by atoms with E-state index in [0.717, 1.165) is 22.4 Å². The highest BCUT2D eigenvalue weighted by Crippen LogP contribution is 2.37. The zero-order valence-corrected chi connectivity index (χ0v) is 16.7. The third-order valence-corrected chi connectivity index (χ3v) is 4.30. The Kier molecular flexibility index (Phi) is 6.56. The minimum Gasteiger partial charge on any atom is -0.347 e. The minimum atomic E-state index is -0.229. The second-order valence-corrected chi connectivity index (χ2v) is 5.90. The molecule has 1 aliphatic heterocycles. The summed E-state index contributed by atoms with van der Waals surface area (Å²) in [6, 6.07) is 16.0. The highest BCUT2D eigenvalue weighted by molar-refractivity contribution is 5.89. The molecule has 4 heteroatoms. The third kappa shape index (κ3) is 3.36. The largest absolute Gasteiger partial charge is 0.347 e. The van der Waals surface area contributed by atoms with Crippen LogP contribution in [0.3, 0.4) is 0 Å². The summed E-state index contributed by atoms with van der Waals surface area (Å²) < 4.78 is 2.10. The van der Waals surface area contributed by atoms with Crippen LogP contribution in [0, 0.1) is 0 Å². The van der Waals surface area contributed by atoms with E-state index < -0.39 is 0 Å². The van der Waals surface area contributed by atoms with Gasteiger partial charge < -0.3 is 9.47 Å². The summed E-state index contributed by atoms with van der Waals surface area (Å²) in [4.78, 5) is 19.1. The van der Waals surface area contributed by atoms with E-state index in [1.807, 2.05) is 78.2 Å². The van der Waals surface area contributed by atoms with E-state index in [9.17, 15) is 4.79 Å². The fraction of sp³-hybridized carbons (Fsp3) is 0.364. The lowest BCUT2D eigenvalue weighted by molar-refractivity contribution is -0.132. The maximum Gasteiger partial charge on any atom is 0.245 e. The molecule has 3 aromatic rings. The van der Waals surface area contributed by atoms with E-state index in [4.69, 9.17) is 4.98 Å². The molecule has 26 heavy (non-hydrogen) atoms. The van der Waals surface area contributed by atoms with E-state index in [2.05, 4.69) is 16.7 Å². The Morgan fingerprint density at radius 1 is 1.00 bits per heavy atom. The monoisotopic (exact) mass is 351 g/mol. The first-order valence-electron chi connectivity index (χ1n) is 9.43. The van der Waals surface area contributed by atoms with Gasteiger partial charge in [0, 0.05) is 26.1 Å². The number of amides is 1. The predicted octanol–water partition coefficient (Wildman–Crippen LogP) is 4.94. The van der Waals surface area contributed by atoms with Crippen LogP contribution < -0.4 is 0 Å². The summed E-state index contributed by atoms with van der Waals surface area (Å²) in [7, 11) is 3.61. The van der Waals surface area contributed by atoms with E-state index in [-0.39, 0.29) is 11.9 Å². The Bertz CT molecular complexity index is 880. The SMILES string of the molecule is CC.CC.CN(C)C(=O)C1Cc2ccccc2-c2nc3ccccc3n21. The maximum atomic E-state index is 12.7. The average Bonchev–Trinajstić information content (AvgIpc) is 3.10. The van der Waals surface area contributed by atoms with Crippen LogP contribution in [0.15, 0.2) is 48.5 Å². The molecule has 2 aromatic carbocycles. The summed E-state index contributed by atoms with van der Waals surface area (Å²) in [5.74, 6) is 1.00. The molecule has 0 bridgehead atoms. The molecule has 0 saturated heterocycles.